The van der Waals surface area contributed by atoms with Crippen molar-refractivity contribution in [3.8, 4) is 0 Å². The second kappa shape index (κ2) is 7.13. The molecule has 2 heterocycles. The maximum atomic E-state index is 12.2. The molecule has 1 aromatic carbocycles. The number of nitrogens with zero attached hydrogens (tertiary/aromatic N) is 1. The molecule has 0 saturated heterocycles. The number of anilines is 1. The van der Waals surface area contributed by atoms with Crippen LogP contribution in [-0.2, 0) is 9.53 Å². The fourth-order valence-corrected chi connectivity index (χ4v) is 2.61. The molecule has 2 N–H and O–H groups in total. The summed E-state index contributed by atoms with van der Waals surface area (Å²) in [7, 11) is 0. The lowest BCUT2D eigenvalue weighted by molar-refractivity contribution is -0.123. The third kappa shape index (κ3) is 3.92. The van der Waals surface area contributed by atoms with Gasteiger partial charge in [0.1, 0.15) is 5.69 Å². The standard InChI is InChI=1S/C17H13Cl2N3O3/c1-9(16(23)22-15-12(19)7-11(18)8-20-15)25-17(24)14-6-10-4-2-3-5-13(10)21-14/h2-9,21H,1H3,(H,20,22,23)/t9-/m0/s1. The largest absolute Gasteiger partial charge is 0.448 e. The van der Waals surface area contributed by atoms with Crippen molar-refractivity contribution in [2.45, 2.75) is 13.0 Å². The first-order valence-corrected chi connectivity index (χ1v) is 8.10. The number of esters is 1. The molecule has 0 saturated carbocycles. The van der Waals surface area contributed by atoms with E-state index in [-0.39, 0.29) is 16.5 Å². The zero-order chi connectivity index (χ0) is 18.0. The van der Waals surface area contributed by atoms with Crippen LogP contribution >= 0.6 is 23.2 Å². The van der Waals surface area contributed by atoms with Gasteiger partial charge in [-0.1, -0.05) is 41.4 Å². The van der Waals surface area contributed by atoms with Crippen LogP contribution in [0.4, 0.5) is 5.82 Å². The molecule has 3 aromatic rings. The van der Waals surface area contributed by atoms with E-state index < -0.39 is 18.0 Å². The molecule has 0 aliphatic heterocycles. The van der Waals surface area contributed by atoms with E-state index in [0.717, 1.165) is 10.9 Å². The zero-order valence-corrected chi connectivity index (χ0v) is 14.6. The summed E-state index contributed by atoms with van der Waals surface area (Å²) in [5.41, 5.74) is 1.08. The Balaban J connectivity index is 1.67. The highest BCUT2D eigenvalue weighted by molar-refractivity contribution is 6.36. The SMILES string of the molecule is C[C@H](OC(=O)c1cc2ccccc2[nH]1)C(=O)Nc1ncc(Cl)cc1Cl. The number of para-hydroxylation sites is 1. The van der Waals surface area contributed by atoms with Crippen LogP contribution in [-0.4, -0.2) is 27.9 Å². The van der Waals surface area contributed by atoms with Crippen LogP contribution < -0.4 is 5.32 Å². The third-order valence-corrected chi connectivity index (χ3v) is 3.95. The second-order valence-electron chi connectivity index (χ2n) is 5.29. The number of carbonyl (C=O) groups is 2. The number of halogens is 2. The molecule has 25 heavy (non-hydrogen) atoms. The maximum Gasteiger partial charge on any atom is 0.355 e. The summed E-state index contributed by atoms with van der Waals surface area (Å²) in [5.74, 6) is -1.04. The summed E-state index contributed by atoms with van der Waals surface area (Å²) in [4.78, 5) is 31.2. The highest BCUT2D eigenvalue weighted by Gasteiger charge is 2.21. The Hall–Kier alpha value is -2.57. The topological polar surface area (TPSA) is 84.1 Å². The number of amides is 1. The molecule has 0 aliphatic rings. The molecule has 1 amide bonds. The Morgan fingerprint density at radius 2 is 2.00 bits per heavy atom. The Labute approximate surface area is 153 Å². The Bertz CT molecular complexity index is 922. The molecule has 0 bridgehead atoms. The maximum absolute atomic E-state index is 12.2. The minimum absolute atomic E-state index is 0.143. The summed E-state index contributed by atoms with van der Waals surface area (Å²) in [6.07, 6.45) is 0.317. The van der Waals surface area contributed by atoms with Crippen molar-refractivity contribution in [2.75, 3.05) is 5.32 Å². The van der Waals surface area contributed by atoms with Crippen molar-refractivity contribution < 1.29 is 14.3 Å². The molecule has 1 atom stereocenters. The van der Waals surface area contributed by atoms with Gasteiger partial charge < -0.3 is 15.0 Å². The van der Waals surface area contributed by atoms with Gasteiger partial charge in [-0.05, 0) is 25.1 Å². The van der Waals surface area contributed by atoms with Crippen LogP contribution in [0.1, 0.15) is 17.4 Å². The van der Waals surface area contributed by atoms with Crippen LogP contribution in [0.3, 0.4) is 0 Å². The van der Waals surface area contributed by atoms with Gasteiger partial charge in [0.25, 0.3) is 5.91 Å². The number of nitrogens with one attached hydrogen (secondary N) is 2. The van der Waals surface area contributed by atoms with Crippen molar-refractivity contribution in [1.29, 1.82) is 0 Å². The number of benzene rings is 1. The highest BCUT2D eigenvalue weighted by atomic mass is 35.5. The van der Waals surface area contributed by atoms with Crippen LogP contribution in [0.2, 0.25) is 10.0 Å². The fraction of sp³-hybridized carbons (Fsp3) is 0.118. The molecule has 6 nitrogen and oxygen atoms in total. The predicted molar refractivity (Wildman–Crippen MR) is 96.1 cm³/mol. The van der Waals surface area contributed by atoms with E-state index >= 15 is 0 Å². The van der Waals surface area contributed by atoms with Gasteiger partial charge in [-0.2, -0.15) is 0 Å². The number of hydrogen-bond donors (Lipinski definition) is 2. The number of hydrogen-bond acceptors (Lipinski definition) is 4. The van der Waals surface area contributed by atoms with Crippen LogP contribution in [0.25, 0.3) is 10.9 Å². The molecule has 0 aliphatic carbocycles. The van der Waals surface area contributed by atoms with Gasteiger partial charge in [0, 0.05) is 17.1 Å². The molecule has 0 unspecified atom stereocenters. The van der Waals surface area contributed by atoms with Crippen molar-refractivity contribution in [3.63, 3.8) is 0 Å². The van der Waals surface area contributed by atoms with Gasteiger partial charge in [0.05, 0.1) is 10.0 Å². The average Bonchev–Trinajstić information content (AvgIpc) is 3.01. The first-order valence-electron chi connectivity index (χ1n) is 7.34. The number of H-pyrrole nitrogens is 1. The molecule has 3 rings (SSSR count). The van der Waals surface area contributed by atoms with Crippen LogP contribution in [0, 0.1) is 0 Å². The van der Waals surface area contributed by atoms with Gasteiger partial charge in [0.2, 0.25) is 0 Å². The van der Waals surface area contributed by atoms with Gasteiger partial charge >= 0.3 is 5.97 Å². The fourth-order valence-electron chi connectivity index (χ4n) is 2.19. The highest BCUT2D eigenvalue weighted by Crippen LogP contribution is 2.23. The molecule has 8 heteroatoms. The van der Waals surface area contributed by atoms with E-state index in [1.807, 2.05) is 24.3 Å². The van der Waals surface area contributed by atoms with Gasteiger partial charge in [-0.25, -0.2) is 9.78 Å². The second-order valence-corrected chi connectivity index (χ2v) is 6.13. The summed E-state index contributed by atoms with van der Waals surface area (Å²) in [5, 5.41) is 3.91. The third-order valence-electron chi connectivity index (χ3n) is 3.45. The van der Waals surface area contributed by atoms with Crippen molar-refractivity contribution in [2.24, 2.45) is 0 Å². The molecule has 0 radical (unpaired) electrons. The smallest absolute Gasteiger partial charge is 0.355 e. The lowest BCUT2D eigenvalue weighted by Gasteiger charge is -2.13. The zero-order valence-electron chi connectivity index (χ0n) is 13.0. The first-order chi connectivity index (χ1) is 11.9. The summed E-state index contributed by atoms with van der Waals surface area (Å²) in [6, 6.07) is 10.5. The molecule has 128 valence electrons. The Kier molecular flexibility index (Phi) is 4.92. The van der Waals surface area contributed by atoms with E-state index in [0.29, 0.717) is 5.02 Å². The lowest BCUT2D eigenvalue weighted by Crippen LogP contribution is -2.30. The molecular formula is C17H13Cl2N3O3. The number of fused-ring (bicyclic) bond motifs is 1. The summed E-state index contributed by atoms with van der Waals surface area (Å²) < 4.78 is 5.18. The van der Waals surface area contributed by atoms with E-state index in [1.165, 1.54) is 19.2 Å². The normalized spacial score (nSPS) is 12.0. The van der Waals surface area contributed by atoms with Gasteiger partial charge in [-0.15, -0.1) is 0 Å². The lowest BCUT2D eigenvalue weighted by atomic mass is 10.2. The number of rotatable bonds is 4. The van der Waals surface area contributed by atoms with E-state index in [4.69, 9.17) is 27.9 Å². The van der Waals surface area contributed by atoms with E-state index in [9.17, 15) is 9.59 Å². The van der Waals surface area contributed by atoms with Crippen LogP contribution in [0.15, 0.2) is 42.6 Å². The minimum Gasteiger partial charge on any atom is -0.448 e. The number of aromatic nitrogens is 2. The Morgan fingerprint density at radius 3 is 2.72 bits per heavy atom. The molecule has 2 aromatic heterocycles. The number of aromatic amines is 1. The van der Waals surface area contributed by atoms with Crippen molar-refractivity contribution in [1.82, 2.24) is 9.97 Å². The Morgan fingerprint density at radius 1 is 1.24 bits per heavy atom. The molecule has 0 fully saturated rings. The number of carbonyl (C=O) groups excluding carboxylic acids is 2. The van der Waals surface area contributed by atoms with E-state index in [2.05, 4.69) is 15.3 Å². The number of ether oxygens (including phenoxy) is 1. The van der Waals surface area contributed by atoms with Crippen molar-refractivity contribution >= 4 is 51.8 Å². The van der Waals surface area contributed by atoms with Gasteiger partial charge in [0.15, 0.2) is 11.9 Å². The van der Waals surface area contributed by atoms with Crippen LogP contribution in [0.5, 0.6) is 0 Å². The first kappa shape index (κ1) is 17.3. The quantitative estimate of drug-likeness (QED) is 0.671. The molecule has 0 spiro atoms. The average molecular weight is 378 g/mol. The minimum atomic E-state index is -1.03. The number of pyridine rings is 1. The monoisotopic (exact) mass is 377 g/mol. The van der Waals surface area contributed by atoms with E-state index in [1.54, 1.807) is 6.07 Å². The van der Waals surface area contributed by atoms with Crippen molar-refractivity contribution in [3.05, 3.63) is 58.3 Å². The molecular weight excluding hydrogens is 365 g/mol. The summed E-state index contributed by atoms with van der Waals surface area (Å²) >= 11 is 11.7. The summed E-state index contributed by atoms with van der Waals surface area (Å²) in [6.45, 7) is 1.46. The predicted octanol–water partition coefficient (Wildman–Crippen LogP) is 4.05. The van der Waals surface area contributed by atoms with Gasteiger partial charge in [-0.3, -0.25) is 4.79 Å².